The van der Waals surface area contributed by atoms with Gasteiger partial charge in [0.05, 0.1) is 5.56 Å². The maximum Gasteiger partial charge on any atom is 0.252 e. The van der Waals surface area contributed by atoms with Gasteiger partial charge in [-0.2, -0.15) is 0 Å². The van der Waals surface area contributed by atoms with E-state index in [4.69, 9.17) is 5.11 Å². The minimum Gasteiger partial charge on any atom is -0.384 e. The van der Waals surface area contributed by atoms with Gasteiger partial charge in [-0.15, -0.1) is 0 Å². The van der Waals surface area contributed by atoms with Gasteiger partial charge in [0.25, 0.3) is 5.91 Å². The van der Waals surface area contributed by atoms with Crippen LogP contribution in [0.2, 0.25) is 0 Å². The number of nitrogens with zero attached hydrogens (tertiary/aromatic N) is 1. The van der Waals surface area contributed by atoms with Crippen LogP contribution in [0.4, 0.5) is 0 Å². The topological polar surface area (TPSA) is 79.3 Å². The minimum atomic E-state index is -0.928. The van der Waals surface area contributed by atoms with E-state index in [1.54, 1.807) is 12.3 Å². The highest BCUT2D eigenvalue weighted by Gasteiger charge is 2.05. The molecule has 0 saturated heterocycles. The summed E-state index contributed by atoms with van der Waals surface area (Å²) in [4.78, 5) is 15.6. The summed E-state index contributed by atoms with van der Waals surface area (Å²) in [7, 11) is -0.928. The third kappa shape index (κ3) is 5.08. The predicted octanol–water partition coefficient (Wildman–Crippen LogP) is -0.466. The van der Waals surface area contributed by atoms with Gasteiger partial charge in [-0.1, -0.05) is 11.8 Å². The molecule has 18 heavy (non-hydrogen) atoms. The number of aliphatic hydroxyl groups is 1. The molecule has 1 aromatic heterocycles. The van der Waals surface area contributed by atoms with Crippen molar-refractivity contribution in [2.45, 2.75) is 0 Å². The Kier molecular flexibility index (Phi) is 6.05. The monoisotopic (exact) mass is 266 g/mol. The first kappa shape index (κ1) is 14.4. The smallest absolute Gasteiger partial charge is 0.252 e. The molecule has 0 fully saturated rings. The van der Waals surface area contributed by atoms with E-state index >= 15 is 0 Å². The number of nitrogens with one attached hydrogen (secondary N) is 1. The van der Waals surface area contributed by atoms with Crippen LogP contribution in [0.15, 0.2) is 18.5 Å². The van der Waals surface area contributed by atoms with Crippen molar-refractivity contribution in [1.82, 2.24) is 10.3 Å². The number of carbonyl (C=O) groups excluding carboxylic acids is 1. The highest BCUT2D eigenvalue weighted by atomic mass is 32.2. The summed E-state index contributed by atoms with van der Waals surface area (Å²) in [6.07, 6.45) is 4.53. The van der Waals surface area contributed by atoms with Crippen LogP contribution in [0.1, 0.15) is 15.9 Å². The van der Waals surface area contributed by atoms with Crippen LogP contribution >= 0.6 is 0 Å². The number of amides is 1. The normalized spacial score (nSPS) is 11.2. The molecule has 1 aromatic rings. The molecule has 5 nitrogen and oxygen atoms in total. The molecule has 96 valence electrons. The Labute approximate surface area is 108 Å². The van der Waals surface area contributed by atoms with E-state index in [0.717, 1.165) is 0 Å². The van der Waals surface area contributed by atoms with E-state index in [-0.39, 0.29) is 12.5 Å². The van der Waals surface area contributed by atoms with Crippen molar-refractivity contribution in [3.05, 3.63) is 29.6 Å². The van der Waals surface area contributed by atoms with Crippen molar-refractivity contribution in [3.63, 3.8) is 0 Å². The fourth-order valence-electron chi connectivity index (χ4n) is 1.18. The number of hydrogen-bond acceptors (Lipinski definition) is 4. The Morgan fingerprint density at radius 3 is 3.00 bits per heavy atom. The molecule has 0 aliphatic carbocycles. The summed E-state index contributed by atoms with van der Waals surface area (Å²) in [5.74, 6) is 5.30. The zero-order chi connectivity index (χ0) is 13.4. The second kappa shape index (κ2) is 7.58. The predicted molar refractivity (Wildman–Crippen MR) is 69.5 cm³/mol. The zero-order valence-corrected chi connectivity index (χ0v) is 10.8. The fourth-order valence-corrected chi connectivity index (χ4v) is 1.57. The Balaban J connectivity index is 2.65. The summed E-state index contributed by atoms with van der Waals surface area (Å²) in [5, 5.41) is 11.2. The Bertz CT molecular complexity index is 506. The second-order valence-corrected chi connectivity index (χ2v) is 5.01. The molecule has 1 heterocycles. The van der Waals surface area contributed by atoms with Crippen molar-refractivity contribution in [2.24, 2.45) is 0 Å². The van der Waals surface area contributed by atoms with Gasteiger partial charge in [0.15, 0.2) is 0 Å². The number of rotatable bonds is 4. The number of carbonyl (C=O) groups is 1. The quantitative estimate of drug-likeness (QED) is 0.722. The minimum absolute atomic E-state index is 0.237. The molecule has 1 atom stereocenters. The number of pyridine rings is 1. The number of aliphatic hydroxyl groups excluding tert-OH is 1. The highest BCUT2D eigenvalue weighted by molar-refractivity contribution is 7.84. The van der Waals surface area contributed by atoms with Crippen LogP contribution in [-0.4, -0.2) is 45.4 Å². The van der Waals surface area contributed by atoms with Gasteiger partial charge >= 0.3 is 0 Å². The van der Waals surface area contributed by atoms with Crippen LogP contribution in [0, 0.1) is 11.8 Å². The van der Waals surface area contributed by atoms with Gasteiger partial charge in [0.2, 0.25) is 0 Å². The molecule has 1 amide bonds. The molecular formula is C12H14N2O3S. The molecule has 1 unspecified atom stereocenters. The maximum absolute atomic E-state index is 11.7. The largest absolute Gasteiger partial charge is 0.384 e. The van der Waals surface area contributed by atoms with Gasteiger partial charge in [-0.05, 0) is 6.07 Å². The average Bonchev–Trinajstić information content (AvgIpc) is 2.36. The average molecular weight is 266 g/mol. The first-order chi connectivity index (χ1) is 8.63. The van der Waals surface area contributed by atoms with Gasteiger partial charge in [-0.25, -0.2) is 0 Å². The van der Waals surface area contributed by atoms with E-state index in [1.807, 2.05) is 0 Å². The van der Waals surface area contributed by atoms with Gasteiger partial charge in [-0.3, -0.25) is 14.0 Å². The van der Waals surface area contributed by atoms with Crippen LogP contribution < -0.4 is 5.32 Å². The highest BCUT2D eigenvalue weighted by Crippen LogP contribution is 2.01. The van der Waals surface area contributed by atoms with E-state index in [2.05, 4.69) is 22.1 Å². The van der Waals surface area contributed by atoms with Crippen molar-refractivity contribution < 1.29 is 14.1 Å². The second-order valence-electron chi connectivity index (χ2n) is 3.46. The standard InChI is InChI=1S/C12H14N2O3S/c1-18(17)6-4-14-12(16)11-7-10(3-2-5-15)8-13-9-11/h7-9,15H,4-6H2,1H3,(H,14,16). The van der Waals surface area contributed by atoms with Crippen molar-refractivity contribution in [3.8, 4) is 11.8 Å². The van der Waals surface area contributed by atoms with E-state index in [9.17, 15) is 9.00 Å². The molecule has 0 saturated carbocycles. The van der Waals surface area contributed by atoms with Crippen LogP contribution in [0.25, 0.3) is 0 Å². The molecule has 0 spiro atoms. The van der Waals surface area contributed by atoms with Gasteiger partial charge in [0.1, 0.15) is 6.61 Å². The lowest BCUT2D eigenvalue weighted by molar-refractivity contribution is 0.0955. The SMILES string of the molecule is CS(=O)CCNC(=O)c1cncc(C#CCO)c1. The van der Waals surface area contributed by atoms with E-state index < -0.39 is 10.8 Å². The Morgan fingerprint density at radius 2 is 2.33 bits per heavy atom. The van der Waals surface area contributed by atoms with Crippen LogP contribution in [-0.2, 0) is 10.8 Å². The first-order valence-electron chi connectivity index (χ1n) is 5.26. The molecular weight excluding hydrogens is 252 g/mol. The Hall–Kier alpha value is -1.71. The van der Waals surface area contributed by atoms with Crippen molar-refractivity contribution in [2.75, 3.05) is 25.2 Å². The van der Waals surface area contributed by atoms with E-state index in [0.29, 0.717) is 23.4 Å². The summed E-state index contributed by atoms with van der Waals surface area (Å²) in [5.41, 5.74) is 0.956. The maximum atomic E-state index is 11.7. The molecule has 6 heteroatoms. The van der Waals surface area contributed by atoms with Crippen molar-refractivity contribution in [1.29, 1.82) is 0 Å². The van der Waals surface area contributed by atoms with Crippen molar-refractivity contribution >= 4 is 16.7 Å². The lowest BCUT2D eigenvalue weighted by atomic mass is 10.2. The lowest BCUT2D eigenvalue weighted by Gasteiger charge is -2.03. The fraction of sp³-hybridized carbons (Fsp3) is 0.333. The number of hydrogen-bond donors (Lipinski definition) is 2. The summed E-state index contributed by atoms with van der Waals surface area (Å²) in [6.45, 7) is 0.118. The van der Waals surface area contributed by atoms with Gasteiger partial charge in [0, 0.05) is 47.3 Å². The molecule has 0 aromatic carbocycles. The van der Waals surface area contributed by atoms with Crippen LogP contribution in [0.3, 0.4) is 0 Å². The molecule has 1 rings (SSSR count). The number of aromatic nitrogens is 1. The zero-order valence-electron chi connectivity index (χ0n) is 9.97. The molecule has 0 aliphatic rings. The van der Waals surface area contributed by atoms with E-state index in [1.165, 1.54) is 12.4 Å². The summed E-state index contributed by atoms with van der Waals surface area (Å²) < 4.78 is 10.8. The summed E-state index contributed by atoms with van der Waals surface area (Å²) >= 11 is 0. The molecule has 0 aliphatic heterocycles. The summed E-state index contributed by atoms with van der Waals surface area (Å²) in [6, 6.07) is 1.59. The molecule has 2 N–H and O–H groups in total. The third-order valence-corrected chi connectivity index (χ3v) is 2.77. The van der Waals surface area contributed by atoms with Crippen LogP contribution in [0.5, 0.6) is 0 Å². The molecule has 0 radical (unpaired) electrons. The lowest BCUT2D eigenvalue weighted by Crippen LogP contribution is -2.27. The van der Waals surface area contributed by atoms with Gasteiger partial charge < -0.3 is 10.4 Å². The molecule has 0 bridgehead atoms. The third-order valence-electron chi connectivity index (χ3n) is 1.99. The Morgan fingerprint density at radius 1 is 1.56 bits per heavy atom. The first-order valence-corrected chi connectivity index (χ1v) is 6.99.